The molecule has 5 rings (SSSR count). The Morgan fingerprint density at radius 3 is 2.18 bits per heavy atom. The maximum Gasteiger partial charge on any atom is 0.172 e. The Bertz CT molecular complexity index is 1190. The van der Waals surface area contributed by atoms with Crippen LogP contribution in [0, 0.1) is 6.92 Å². The largest absolute Gasteiger partial charge is 0.374 e. The number of ether oxygens (including phenoxy) is 1. The normalized spacial score (nSPS) is 14.3. The highest BCUT2D eigenvalue weighted by Gasteiger charge is 2.25. The van der Waals surface area contributed by atoms with Gasteiger partial charge in [0.05, 0.1) is 17.4 Å². The fourth-order valence-corrected chi connectivity index (χ4v) is 4.79. The van der Waals surface area contributed by atoms with Crippen molar-refractivity contribution in [2.45, 2.75) is 58.0 Å². The van der Waals surface area contributed by atoms with Crippen LogP contribution >= 0.6 is 0 Å². The van der Waals surface area contributed by atoms with Crippen LogP contribution < -0.4 is 0 Å². The van der Waals surface area contributed by atoms with E-state index in [1.165, 1.54) is 35.1 Å². The molecule has 1 saturated carbocycles. The topological polar surface area (TPSA) is 35.3 Å². The molecule has 0 bridgehead atoms. The fourth-order valence-electron chi connectivity index (χ4n) is 4.79. The molecule has 3 aromatic carbocycles. The van der Waals surface area contributed by atoms with Crippen LogP contribution in [0.5, 0.6) is 0 Å². The highest BCUT2D eigenvalue weighted by atomic mass is 16.5. The zero-order valence-corrected chi connectivity index (χ0v) is 20.2. The van der Waals surface area contributed by atoms with E-state index in [-0.39, 0.29) is 6.10 Å². The van der Waals surface area contributed by atoms with Gasteiger partial charge in [-0.2, -0.15) is 0 Å². The molecule has 1 atom stereocenters. The maximum atomic E-state index is 6.20. The molecular formula is C31H33NO2. The van der Waals surface area contributed by atoms with E-state index in [2.05, 4.69) is 90.9 Å². The van der Waals surface area contributed by atoms with Gasteiger partial charge < -0.3 is 9.26 Å². The molecule has 0 radical (unpaired) electrons. The van der Waals surface area contributed by atoms with E-state index in [9.17, 15) is 0 Å². The van der Waals surface area contributed by atoms with Gasteiger partial charge in [0.15, 0.2) is 5.76 Å². The van der Waals surface area contributed by atoms with Gasteiger partial charge in [0.1, 0.15) is 0 Å². The smallest absolute Gasteiger partial charge is 0.172 e. The summed E-state index contributed by atoms with van der Waals surface area (Å²) >= 11 is 0. The zero-order chi connectivity index (χ0) is 23.3. The van der Waals surface area contributed by atoms with Gasteiger partial charge in [0.25, 0.3) is 0 Å². The average Bonchev–Trinajstić information content (AvgIpc) is 3.66. The first-order valence-electron chi connectivity index (χ1n) is 12.6. The lowest BCUT2D eigenvalue weighted by molar-refractivity contribution is 0.0545. The van der Waals surface area contributed by atoms with E-state index in [1.54, 1.807) is 0 Å². The summed E-state index contributed by atoms with van der Waals surface area (Å²) in [7, 11) is 0. The van der Waals surface area contributed by atoms with Crippen molar-refractivity contribution in [2.75, 3.05) is 6.61 Å². The summed E-state index contributed by atoms with van der Waals surface area (Å²) < 4.78 is 12.0. The molecule has 0 N–H and O–H groups in total. The number of rotatable bonds is 10. The molecule has 1 aliphatic carbocycles. The number of benzene rings is 3. The molecule has 1 heterocycles. The van der Waals surface area contributed by atoms with Crippen LogP contribution in [-0.4, -0.2) is 11.8 Å². The highest BCUT2D eigenvalue weighted by Crippen LogP contribution is 2.41. The second-order valence-electron chi connectivity index (χ2n) is 9.31. The first-order valence-corrected chi connectivity index (χ1v) is 12.6. The van der Waals surface area contributed by atoms with E-state index in [0.29, 0.717) is 6.61 Å². The number of hydrogen-bond donors (Lipinski definition) is 0. The van der Waals surface area contributed by atoms with Crippen LogP contribution in [0.2, 0.25) is 0 Å². The van der Waals surface area contributed by atoms with Gasteiger partial charge in [0, 0.05) is 12.2 Å². The molecular weight excluding hydrogens is 418 g/mol. The van der Waals surface area contributed by atoms with Crippen molar-refractivity contribution in [2.24, 2.45) is 0 Å². The van der Waals surface area contributed by atoms with Crippen LogP contribution in [0.15, 0.2) is 83.4 Å². The lowest BCUT2D eigenvalue weighted by Crippen LogP contribution is -2.07. The summed E-state index contributed by atoms with van der Waals surface area (Å²) in [6.07, 6.45) is 5.67. The first kappa shape index (κ1) is 22.6. The van der Waals surface area contributed by atoms with Crippen LogP contribution in [-0.2, 0) is 11.2 Å². The predicted molar refractivity (Wildman–Crippen MR) is 138 cm³/mol. The minimum absolute atomic E-state index is 0.0235. The Balaban J connectivity index is 1.33. The summed E-state index contributed by atoms with van der Waals surface area (Å²) in [5.41, 5.74) is 8.33. The monoisotopic (exact) mass is 451 g/mol. The van der Waals surface area contributed by atoms with Crippen molar-refractivity contribution in [1.29, 1.82) is 0 Å². The molecule has 0 amide bonds. The number of hydrogen-bond acceptors (Lipinski definition) is 3. The first-order chi connectivity index (χ1) is 16.7. The molecule has 174 valence electrons. The lowest BCUT2D eigenvalue weighted by atomic mass is 9.96. The molecule has 1 fully saturated rings. The minimum Gasteiger partial charge on any atom is -0.374 e. The summed E-state index contributed by atoms with van der Waals surface area (Å²) in [5, 5.41) is 4.32. The summed E-state index contributed by atoms with van der Waals surface area (Å²) in [4.78, 5) is 0. The van der Waals surface area contributed by atoms with Crippen LogP contribution in [0.25, 0.3) is 22.5 Å². The van der Waals surface area contributed by atoms with E-state index < -0.39 is 0 Å². The van der Waals surface area contributed by atoms with Crippen molar-refractivity contribution in [3.05, 3.63) is 101 Å². The standard InChI is InChI=1S/C31H33NO2/c1-3-33-29(11-7-10-23-8-5-4-6-9-23)30-22(2)32-34-31(30)28-20-18-27(19-21-28)26-16-14-25(15-17-26)24-12-13-24/h4-6,8-9,14-21,24,29H,3,7,10-13H2,1-2H3. The Kier molecular flexibility index (Phi) is 6.92. The Morgan fingerprint density at radius 1 is 0.882 bits per heavy atom. The third kappa shape index (κ3) is 5.15. The lowest BCUT2D eigenvalue weighted by Gasteiger charge is -2.18. The third-order valence-corrected chi connectivity index (χ3v) is 6.81. The Labute approximate surface area is 202 Å². The Hall–Kier alpha value is -3.17. The third-order valence-electron chi connectivity index (χ3n) is 6.81. The molecule has 3 nitrogen and oxygen atoms in total. The van der Waals surface area contributed by atoms with Gasteiger partial charge in [-0.05, 0) is 74.1 Å². The van der Waals surface area contributed by atoms with Crippen molar-refractivity contribution in [3.63, 3.8) is 0 Å². The van der Waals surface area contributed by atoms with E-state index >= 15 is 0 Å². The SMILES string of the molecule is CCOC(CCCc1ccccc1)c1c(C)noc1-c1ccc(-c2ccc(C3CC3)cc2)cc1. The molecule has 1 unspecified atom stereocenters. The van der Waals surface area contributed by atoms with Crippen molar-refractivity contribution >= 4 is 0 Å². The number of nitrogens with zero attached hydrogens (tertiary/aromatic N) is 1. The second-order valence-corrected chi connectivity index (χ2v) is 9.31. The van der Waals surface area contributed by atoms with Crippen LogP contribution in [0.4, 0.5) is 0 Å². The van der Waals surface area contributed by atoms with Gasteiger partial charge in [-0.1, -0.05) is 84.0 Å². The number of aryl methyl sites for hydroxylation is 2. The van der Waals surface area contributed by atoms with E-state index in [1.807, 2.05) is 6.92 Å². The second kappa shape index (κ2) is 10.4. The van der Waals surface area contributed by atoms with Gasteiger partial charge in [-0.25, -0.2) is 0 Å². The number of aromatic nitrogens is 1. The van der Waals surface area contributed by atoms with E-state index in [0.717, 1.165) is 47.8 Å². The van der Waals surface area contributed by atoms with Crippen LogP contribution in [0.1, 0.15) is 67.0 Å². The van der Waals surface area contributed by atoms with Gasteiger partial charge in [-0.15, -0.1) is 0 Å². The highest BCUT2D eigenvalue weighted by molar-refractivity contribution is 5.70. The molecule has 0 spiro atoms. The quantitative estimate of drug-likeness (QED) is 0.243. The molecule has 4 aromatic rings. The van der Waals surface area contributed by atoms with Crippen molar-refractivity contribution in [3.8, 4) is 22.5 Å². The molecule has 1 aliphatic rings. The molecule has 0 saturated heterocycles. The van der Waals surface area contributed by atoms with Gasteiger partial charge in [0.2, 0.25) is 0 Å². The molecule has 1 aromatic heterocycles. The molecule has 0 aliphatic heterocycles. The zero-order valence-electron chi connectivity index (χ0n) is 20.2. The Morgan fingerprint density at radius 2 is 1.53 bits per heavy atom. The van der Waals surface area contributed by atoms with Crippen molar-refractivity contribution < 1.29 is 9.26 Å². The molecule has 3 heteroatoms. The maximum absolute atomic E-state index is 6.20. The fraction of sp³-hybridized carbons (Fsp3) is 0.323. The molecule has 34 heavy (non-hydrogen) atoms. The minimum atomic E-state index is -0.0235. The van der Waals surface area contributed by atoms with Crippen LogP contribution in [0.3, 0.4) is 0 Å². The summed E-state index contributed by atoms with van der Waals surface area (Å²) in [6, 6.07) is 28.3. The average molecular weight is 452 g/mol. The van der Waals surface area contributed by atoms with E-state index in [4.69, 9.17) is 9.26 Å². The van der Waals surface area contributed by atoms with Gasteiger partial charge in [-0.3, -0.25) is 0 Å². The van der Waals surface area contributed by atoms with Gasteiger partial charge >= 0.3 is 0 Å². The van der Waals surface area contributed by atoms with Crippen molar-refractivity contribution in [1.82, 2.24) is 5.16 Å². The summed E-state index contributed by atoms with van der Waals surface area (Å²) in [5.74, 6) is 1.61. The summed E-state index contributed by atoms with van der Waals surface area (Å²) in [6.45, 7) is 4.73. The predicted octanol–water partition coefficient (Wildman–Crippen LogP) is 8.29.